The number of carboxylic acids is 1. The molecule has 1 rings (SSSR count). The highest BCUT2D eigenvalue weighted by molar-refractivity contribution is 5.82. The number of carboxylic acid groups (broad SMARTS) is 1. The molecule has 6 heteroatoms. The monoisotopic (exact) mass is 258 g/mol. The summed E-state index contributed by atoms with van der Waals surface area (Å²) >= 11 is 0. The van der Waals surface area contributed by atoms with Crippen LogP contribution < -0.4 is 5.73 Å². The predicted octanol–water partition coefficient (Wildman–Crippen LogP) is 0.0619. The molecule has 1 amide bonds. The van der Waals surface area contributed by atoms with Gasteiger partial charge in [0.15, 0.2) is 0 Å². The van der Waals surface area contributed by atoms with Crippen LogP contribution in [0.15, 0.2) is 0 Å². The van der Waals surface area contributed by atoms with Crippen LogP contribution in [0.3, 0.4) is 0 Å². The Hall–Kier alpha value is -1.14. The Morgan fingerprint density at radius 3 is 2.44 bits per heavy atom. The molecule has 0 radical (unpaired) electrons. The summed E-state index contributed by atoms with van der Waals surface area (Å²) < 4.78 is 5.23. The predicted molar refractivity (Wildman–Crippen MR) is 66.0 cm³/mol. The maximum atomic E-state index is 11.9. The molecule has 3 N–H and O–H groups in total. The first-order valence-electron chi connectivity index (χ1n) is 6.13. The number of hydrogen-bond donors (Lipinski definition) is 2. The first-order valence-corrected chi connectivity index (χ1v) is 6.13. The number of rotatable bonds is 6. The Labute approximate surface area is 107 Å². The van der Waals surface area contributed by atoms with Gasteiger partial charge in [-0.2, -0.15) is 0 Å². The van der Waals surface area contributed by atoms with Gasteiger partial charge < -0.3 is 20.5 Å². The molecule has 1 heterocycles. The van der Waals surface area contributed by atoms with Crippen LogP contribution in [0.5, 0.6) is 0 Å². The number of nitrogens with two attached hydrogens (primary N) is 1. The molecule has 0 aromatic carbocycles. The number of nitrogens with zero attached hydrogens (tertiary/aromatic N) is 1. The largest absolute Gasteiger partial charge is 0.480 e. The normalized spacial score (nSPS) is 19.5. The zero-order valence-corrected chi connectivity index (χ0v) is 11.2. The summed E-state index contributed by atoms with van der Waals surface area (Å²) in [7, 11) is 0. The minimum absolute atomic E-state index is 0.0832. The van der Waals surface area contributed by atoms with Crippen LogP contribution in [0.2, 0.25) is 0 Å². The summed E-state index contributed by atoms with van der Waals surface area (Å²) in [5.41, 5.74) is 5.26. The van der Waals surface area contributed by atoms with Gasteiger partial charge >= 0.3 is 5.97 Å². The standard InChI is InChI=1S/C12H22N2O4/c1-8(2)4-9(13)11(17)14-6-12(3,7-14)18-5-10(15)16/h8-9H,4-7,13H2,1-3H3,(H,15,16)/t9-/m1/s1. The molecule has 1 aliphatic rings. The first-order chi connectivity index (χ1) is 8.23. The smallest absolute Gasteiger partial charge is 0.329 e. The molecule has 1 aliphatic heterocycles. The van der Waals surface area contributed by atoms with Gasteiger partial charge in [0.25, 0.3) is 0 Å². The lowest BCUT2D eigenvalue weighted by atomic mass is 9.94. The van der Waals surface area contributed by atoms with Crippen LogP contribution >= 0.6 is 0 Å². The highest BCUT2D eigenvalue weighted by Crippen LogP contribution is 2.25. The SMILES string of the molecule is CC(C)C[C@@H](N)C(=O)N1CC(C)(OCC(=O)O)C1. The van der Waals surface area contributed by atoms with Crippen LogP contribution in [-0.4, -0.2) is 53.2 Å². The van der Waals surface area contributed by atoms with Crippen molar-refractivity contribution in [3.8, 4) is 0 Å². The summed E-state index contributed by atoms with van der Waals surface area (Å²) in [6, 6.07) is -0.478. The molecule has 0 aromatic rings. The zero-order valence-electron chi connectivity index (χ0n) is 11.2. The summed E-state index contributed by atoms with van der Waals surface area (Å²) in [5.74, 6) is -0.711. The van der Waals surface area contributed by atoms with Gasteiger partial charge in [0.05, 0.1) is 19.1 Å². The fourth-order valence-electron chi connectivity index (χ4n) is 2.09. The summed E-state index contributed by atoms with van der Waals surface area (Å²) in [6.45, 7) is 6.31. The Morgan fingerprint density at radius 2 is 2.00 bits per heavy atom. The minimum Gasteiger partial charge on any atom is -0.480 e. The van der Waals surface area contributed by atoms with E-state index in [1.165, 1.54) is 0 Å². The van der Waals surface area contributed by atoms with E-state index >= 15 is 0 Å². The third kappa shape index (κ3) is 3.96. The Morgan fingerprint density at radius 1 is 1.44 bits per heavy atom. The van der Waals surface area contributed by atoms with E-state index in [9.17, 15) is 9.59 Å². The molecule has 0 saturated carbocycles. The first kappa shape index (κ1) is 14.9. The van der Waals surface area contributed by atoms with Crippen molar-refractivity contribution in [2.24, 2.45) is 11.7 Å². The van der Waals surface area contributed by atoms with Crippen molar-refractivity contribution < 1.29 is 19.4 Å². The number of carbonyl (C=O) groups is 2. The Balaban J connectivity index is 2.36. The van der Waals surface area contributed by atoms with Crippen molar-refractivity contribution in [2.75, 3.05) is 19.7 Å². The molecular formula is C12H22N2O4. The summed E-state index contributed by atoms with van der Waals surface area (Å²) in [4.78, 5) is 23.9. The molecule has 0 aliphatic carbocycles. The lowest BCUT2D eigenvalue weighted by Gasteiger charge is -2.48. The molecule has 6 nitrogen and oxygen atoms in total. The molecule has 0 spiro atoms. The molecule has 1 atom stereocenters. The number of carbonyl (C=O) groups excluding carboxylic acids is 1. The highest BCUT2D eigenvalue weighted by Gasteiger charge is 2.43. The molecular weight excluding hydrogens is 236 g/mol. The number of ether oxygens (including phenoxy) is 1. The Kier molecular flexibility index (Phi) is 4.70. The van der Waals surface area contributed by atoms with Gasteiger partial charge in [-0.1, -0.05) is 13.8 Å². The van der Waals surface area contributed by atoms with Crippen molar-refractivity contribution in [2.45, 2.75) is 38.8 Å². The van der Waals surface area contributed by atoms with Gasteiger partial charge in [0, 0.05) is 0 Å². The fourth-order valence-corrected chi connectivity index (χ4v) is 2.09. The third-order valence-corrected chi connectivity index (χ3v) is 2.95. The van der Waals surface area contributed by atoms with E-state index in [0.29, 0.717) is 25.4 Å². The van der Waals surface area contributed by atoms with E-state index < -0.39 is 17.6 Å². The second kappa shape index (κ2) is 5.67. The van der Waals surface area contributed by atoms with Crippen LogP contribution in [-0.2, 0) is 14.3 Å². The maximum absolute atomic E-state index is 11.9. The van der Waals surface area contributed by atoms with Crippen LogP contribution in [0, 0.1) is 5.92 Å². The molecule has 104 valence electrons. The van der Waals surface area contributed by atoms with Crippen molar-refractivity contribution in [1.29, 1.82) is 0 Å². The highest BCUT2D eigenvalue weighted by atomic mass is 16.5. The lowest BCUT2D eigenvalue weighted by molar-refractivity contribution is -0.174. The Bertz CT molecular complexity index is 324. The lowest BCUT2D eigenvalue weighted by Crippen LogP contribution is -2.65. The minimum atomic E-state index is -1.00. The van der Waals surface area contributed by atoms with Gasteiger partial charge in [-0.25, -0.2) is 4.79 Å². The topological polar surface area (TPSA) is 92.9 Å². The van der Waals surface area contributed by atoms with Crippen LogP contribution in [0.1, 0.15) is 27.2 Å². The van der Waals surface area contributed by atoms with Crippen molar-refractivity contribution in [3.63, 3.8) is 0 Å². The quantitative estimate of drug-likeness (QED) is 0.703. The summed E-state index contributed by atoms with van der Waals surface area (Å²) in [6.07, 6.45) is 0.655. The van der Waals surface area contributed by atoms with Crippen molar-refractivity contribution >= 4 is 11.9 Å². The van der Waals surface area contributed by atoms with Crippen LogP contribution in [0.4, 0.5) is 0 Å². The number of hydrogen-bond acceptors (Lipinski definition) is 4. The summed E-state index contributed by atoms with van der Waals surface area (Å²) in [5, 5.41) is 8.53. The number of likely N-dealkylation sites (tertiary alicyclic amines) is 1. The average molecular weight is 258 g/mol. The average Bonchev–Trinajstić information content (AvgIpc) is 2.20. The van der Waals surface area contributed by atoms with Gasteiger partial charge in [-0.05, 0) is 19.3 Å². The van der Waals surface area contributed by atoms with E-state index in [-0.39, 0.29) is 12.5 Å². The maximum Gasteiger partial charge on any atom is 0.329 e. The third-order valence-electron chi connectivity index (χ3n) is 2.95. The van der Waals surface area contributed by atoms with Gasteiger partial charge in [-0.3, -0.25) is 4.79 Å². The zero-order chi connectivity index (χ0) is 13.9. The second-order valence-electron chi connectivity index (χ2n) is 5.56. The van der Waals surface area contributed by atoms with Gasteiger partial charge in [0.1, 0.15) is 12.2 Å². The fraction of sp³-hybridized carbons (Fsp3) is 0.833. The van der Waals surface area contributed by atoms with E-state index in [4.69, 9.17) is 15.6 Å². The molecule has 0 aromatic heterocycles. The van der Waals surface area contributed by atoms with Crippen molar-refractivity contribution in [3.05, 3.63) is 0 Å². The number of amides is 1. The molecule has 0 bridgehead atoms. The molecule has 1 fully saturated rings. The van der Waals surface area contributed by atoms with E-state index in [2.05, 4.69) is 0 Å². The number of aliphatic carboxylic acids is 1. The molecule has 18 heavy (non-hydrogen) atoms. The van der Waals surface area contributed by atoms with E-state index in [1.54, 1.807) is 11.8 Å². The second-order valence-corrected chi connectivity index (χ2v) is 5.56. The van der Waals surface area contributed by atoms with Gasteiger partial charge in [0.2, 0.25) is 5.91 Å². The van der Waals surface area contributed by atoms with Crippen LogP contribution in [0.25, 0.3) is 0 Å². The molecule has 0 unspecified atom stereocenters. The van der Waals surface area contributed by atoms with E-state index in [0.717, 1.165) is 0 Å². The van der Waals surface area contributed by atoms with Crippen molar-refractivity contribution in [1.82, 2.24) is 4.90 Å². The van der Waals surface area contributed by atoms with Gasteiger partial charge in [-0.15, -0.1) is 0 Å². The molecule has 1 saturated heterocycles. The van der Waals surface area contributed by atoms with E-state index in [1.807, 2.05) is 13.8 Å².